The van der Waals surface area contributed by atoms with Crippen LogP contribution in [0.4, 0.5) is 13.2 Å². The van der Waals surface area contributed by atoms with E-state index in [9.17, 15) is 18.0 Å². The number of rotatable bonds is 3. The highest BCUT2D eigenvalue weighted by molar-refractivity contribution is 5.92. The molecule has 15 heavy (non-hydrogen) atoms. The SMILES string of the molecule is CCCn1nc(C(F)(F)F)cc1C(C)=O. The molecule has 6 heteroatoms. The maximum atomic E-state index is 12.3. The third-order valence-electron chi connectivity index (χ3n) is 1.87. The third kappa shape index (κ3) is 2.57. The van der Waals surface area contributed by atoms with Gasteiger partial charge >= 0.3 is 6.18 Å². The minimum absolute atomic E-state index is 0.00387. The van der Waals surface area contributed by atoms with Gasteiger partial charge in [0.25, 0.3) is 0 Å². The van der Waals surface area contributed by atoms with Gasteiger partial charge in [-0.3, -0.25) is 9.48 Å². The van der Waals surface area contributed by atoms with Gasteiger partial charge in [0.15, 0.2) is 11.5 Å². The minimum Gasteiger partial charge on any atom is -0.293 e. The van der Waals surface area contributed by atoms with Crippen molar-refractivity contribution in [1.29, 1.82) is 0 Å². The first-order chi connectivity index (χ1) is 6.86. The van der Waals surface area contributed by atoms with Crippen molar-refractivity contribution in [1.82, 2.24) is 9.78 Å². The zero-order valence-electron chi connectivity index (χ0n) is 8.43. The molecule has 0 fully saturated rings. The number of nitrogens with zero attached hydrogens (tertiary/aromatic N) is 2. The van der Waals surface area contributed by atoms with Crippen LogP contribution < -0.4 is 0 Å². The van der Waals surface area contributed by atoms with Gasteiger partial charge in [0, 0.05) is 13.5 Å². The molecule has 0 radical (unpaired) electrons. The molecular weight excluding hydrogens is 209 g/mol. The monoisotopic (exact) mass is 220 g/mol. The summed E-state index contributed by atoms with van der Waals surface area (Å²) in [5, 5.41) is 3.36. The molecule has 3 nitrogen and oxygen atoms in total. The fourth-order valence-electron chi connectivity index (χ4n) is 1.22. The van der Waals surface area contributed by atoms with Crippen molar-refractivity contribution >= 4 is 5.78 Å². The van der Waals surface area contributed by atoms with Gasteiger partial charge in [-0.25, -0.2) is 0 Å². The lowest BCUT2D eigenvalue weighted by molar-refractivity contribution is -0.141. The van der Waals surface area contributed by atoms with Crippen LogP contribution in [0.5, 0.6) is 0 Å². The summed E-state index contributed by atoms with van der Waals surface area (Å²) in [5.74, 6) is -0.411. The average molecular weight is 220 g/mol. The van der Waals surface area contributed by atoms with Crippen LogP contribution in [0.3, 0.4) is 0 Å². The highest BCUT2D eigenvalue weighted by Gasteiger charge is 2.35. The Morgan fingerprint density at radius 2 is 2.13 bits per heavy atom. The van der Waals surface area contributed by atoms with Crippen LogP contribution in [0.2, 0.25) is 0 Å². The average Bonchev–Trinajstić information content (AvgIpc) is 2.48. The van der Waals surface area contributed by atoms with Gasteiger partial charge in [-0.2, -0.15) is 18.3 Å². The van der Waals surface area contributed by atoms with E-state index in [0.29, 0.717) is 13.0 Å². The topological polar surface area (TPSA) is 34.9 Å². The second-order valence-electron chi connectivity index (χ2n) is 3.19. The van der Waals surface area contributed by atoms with Gasteiger partial charge in [-0.1, -0.05) is 6.92 Å². The maximum absolute atomic E-state index is 12.3. The number of alkyl halides is 3. The fourth-order valence-corrected chi connectivity index (χ4v) is 1.22. The lowest BCUT2D eigenvalue weighted by Gasteiger charge is -2.02. The molecule has 0 aromatic carbocycles. The van der Waals surface area contributed by atoms with Crippen LogP contribution in [-0.2, 0) is 12.7 Å². The van der Waals surface area contributed by atoms with Crippen molar-refractivity contribution in [3.05, 3.63) is 17.5 Å². The van der Waals surface area contributed by atoms with E-state index in [1.165, 1.54) is 6.92 Å². The van der Waals surface area contributed by atoms with Crippen molar-refractivity contribution in [3.8, 4) is 0 Å². The molecule has 0 aliphatic rings. The number of hydrogen-bond acceptors (Lipinski definition) is 2. The van der Waals surface area contributed by atoms with Crippen molar-refractivity contribution in [2.75, 3.05) is 0 Å². The number of carbonyl (C=O) groups is 1. The van der Waals surface area contributed by atoms with Crippen LogP contribution in [0.1, 0.15) is 36.5 Å². The number of Topliss-reactive ketones (excluding diaryl/α,β-unsaturated/α-hetero) is 1. The molecule has 0 aliphatic heterocycles. The first kappa shape index (κ1) is 11.7. The second kappa shape index (κ2) is 4.04. The summed E-state index contributed by atoms with van der Waals surface area (Å²) in [4.78, 5) is 11.1. The van der Waals surface area contributed by atoms with Gasteiger partial charge < -0.3 is 0 Å². The molecule has 0 spiro atoms. The maximum Gasteiger partial charge on any atom is 0.435 e. The normalized spacial score (nSPS) is 11.8. The van der Waals surface area contributed by atoms with Gasteiger partial charge in [-0.05, 0) is 12.5 Å². The number of halogens is 3. The number of aromatic nitrogens is 2. The molecule has 84 valence electrons. The molecule has 0 N–H and O–H groups in total. The molecule has 1 heterocycles. The quantitative estimate of drug-likeness (QED) is 0.733. The molecule has 1 aromatic heterocycles. The summed E-state index contributed by atoms with van der Waals surface area (Å²) in [7, 11) is 0. The van der Waals surface area contributed by atoms with Gasteiger partial charge in [-0.15, -0.1) is 0 Å². The third-order valence-corrected chi connectivity index (χ3v) is 1.87. The summed E-state index contributed by atoms with van der Waals surface area (Å²) in [6.45, 7) is 3.34. The Bertz CT molecular complexity index is 368. The molecule has 0 saturated heterocycles. The number of carbonyl (C=O) groups excluding carboxylic acids is 1. The zero-order valence-corrected chi connectivity index (χ0v) is 8.43. The lowest BCUT2D eigenvalue weighted by atomic mass is 10.3. The standard InChI is InChI=1S/C9H11F3N2O/c1-3-4-14-7(6(2)15)5-8(13-14)9(10,11)12/h5H,3-4H2,1-2H3. The molecule has 0 saturated carbocycles. The summed E-state index contributed by atoms with van der Waals surface area (Å²) in [6, 6.07) is 0.790. The van der Waals surface area contributed by atoms with E-state index < -0.39 is 17.7 Å². The molecule has 0 atom stereocenters. The van der Waals surface area contributed by atoms with E-state index in [-0.39, 0.29) is 5.69 Å². The van der Waals surface area contributed by atoms with E-state index >= 15 is 0 Å². The van der Waals surface area contributed by atoms with E-state index in [1.807, 2.05) is 0 Å². The molecule has 0 amide bonds. The van der Waals surface area contributed by atoms with Crippen LogP contribution in [0, 0.1) is 0 Å². The Balaban J connectivity index is 3.15. The Morgan fingerprint density at radius 1 is 1.53 bits per heavy atom. The largest absolute Gasteiger partial charge is 0.435 e. The van der Waals surface area contributed by atoms with Crippen molar-refractivity contribution in [2.45, 2.75) is 33.0 Å². The molecule has 1 rings (SSSR count). The van der Waals surface area contributed by atoms with Crippen LogP contribution in [-0.4, -0.2) is 15.6 Å². The smallest absolute Gasteiger partial charge is 0.293 e. The number of aryl methyl sites for hydroxylation is 1. The highest BCUT2D eigenvalue weighted by atomic mass is 19.4. The first-order valence-electron chi connectivity index (χ1n) is 4.52. The molecule has 0 bridgehead atoms. The Labute approximate surface area is 84.9 Å². The summed E-state index contributed by atoms with van der Waals surface area (Å²) in [6.07, 6.45) is -3.87. The van der Waals surface area contributed by atoms with Gasteiger partial charge in [0.2, 0.25) is 0 Å². The predicted octanol–water partition coefficient (Wildman–Crippen LogP) is 2.51. The van der Waals surface area contributed by atoms with Crippen LogP contribution in [0.25, 0.3) is 0 Å². The van der Waals surface area contributed by atoms with E-state index in [4.69, 9.17) is 0 Å². The van der Waals surface area contributed by atoms with E-state index in [2.05, 4.69) is 5.10 Å². The molecule has 0 unspecified atom stereocenters. The summed E-state index contributed by atoms with van der Waals surface area (Å²) >= 11 is 0. The van der Waals surface area contributed by atoms with E-state index in [1.54, 1.807) is 6.92 Å². The minimum atomic E-state index is -4.50. The molecule has 1 aromatic rings. The Morgan fingerprint density at radius 3 is 2.53 bits per heavy atom. The summed E-state index contributed by atoms with van der Waals surface area (Å²) in [5.41, 5.74) is -1.01. The van der Waals surface area contributed by atoms with Crippen LogP contribution >= 0.6 is 0 Å². The first-order valence-corrected chi connectivity index (χ1v) is 4.52. The number of hydrogen-bond donors (Lipinski definition) is 0. The predicted molar refractivity (Wildman–Crippen MR) is 47.5 cm³/mol. The van der Waals surface area contributed by atoms with Crippen molar-refractivity contribution in [2.24, 2.45) is 0 Å². The number of ketones is 1. The highest BCUT2D eigenvalue weighted by Crippen LogP contribution is 2.28. The van der Waals surface area contributed by atoms with Crippen molar-refractivity contribution < 1.29 is 18.0 Å². The van der Waals surface area contributed by atoms with Crippen molar-refractivity contribution in [3.63, 3.8) is 0 Å². The van der Waals surface area contributed by atoms with Gasteiger partial charge in [0.1, 0.15) is 5.69 Å². The fraction of sp³-hybridized carbons (Fsp3) is 0.556. The van der Waals surface area contributed by atoms with Gasteiger partial charge in [0.05, 0.1) is 0 Å². The Kier molecular flexibility index (Phi) is 3.16. The molecular formula is C9H11F3N2O. The molecule has 0 aliphatic carbocycles. The Hall–Kier alpha value is -1.33. The van der Waals surface area contributed by atoms with Crippen LogP contribution in [0.15, 0.2) is 6.07 Å². The lowest BCUT2D eigenvalue weighted by Crippen LogP contribution is -2.09. The zero-order chi connectivity index (χ0) is 11.6. The second-order valence-corrected chi connectivity index (χ2v) is 3.19. The van der Waals surface area contributed by atoms with E-state index in [0.717, 1.165) is 10.7 Å². The summed E-state index contributed by atoms with van der Waals surface area (Å²) < 4.78 is 38.0.